The lowest BCUT2D eigenvalue weighted by Crippen LogP contribution is -2.44. The number of hydrogen-bond donors (Lipinski definition) is 0. The number of carbonyl (C=O) groups is 3. The fourth-order valence-electron chi connectivity index (χ4n) is 4.28. The first-order valence-corrected chi connectivity index (χ1v) is 11.8. The van der Waals surface area contributed by atoms with Crippen LogP contribution in [0.2, 0.25) is 0 Å². The van der Waals surface area contributed by atoms with Crippen molar-refractivity contribution in [3.05, 3.63) is 51.2 Å². The third-order valence-electron chi connectivity index (χ3n) is 6.21. The van der Waals surface area contributed by atoms with Gasteiger partial charge < -0.3 is 9.64 Å². The average molecular weight is 441 g/mol. The van der Waals surface area contributed by atoms with Crippen LogP contribution in [0.15, 0.2) is 29.6 Å². The van der Waals surface area contributed by atoms with Crippen LogP contribution < -0.4 is 4.74 Å². The maximum atomic E-state index is 12.8. The van der Waals surface area contributed by atoms with Gasteiger partial charge >= 0.3 is 0 Å². The molecule has 1 saturated carbocycles. The van der Waals surface area contributed by atoms with Crippen LogP contribution in [0.3, 0.4) is 0 Å². The van der Waals surface area contributed by atoms with Gasteiger partial charge in [-0.3, -0.25) is 19.3 Å². The summed E-state index contributed by atoms with van der Waals surface area (Å²) < 4.78 is 5.99. The van der Waals surface area contributed by atoms with E-state index < -0.39 is 6.04 Å². The van der Waals surface area contributed by atoms with E-state index in [1.165, 1.54) is 16.9 Å². The predicted octanol–water partition coefficient (Wildman–Crippen LogP) is 3.82. The number of fused-ring (bicyclic) bond motifs is 1. The molecule has 0 spiro atoms. The zero-order valence-electron chi connectivity index (χ0n) is 18.1. The summed E-state index contributed by atoms with van der Waals surface area (Å²) in [6.07, 6.45) is 0.748. The van der Waals surface area contributed by atoms with Crippen LogP contribution in [0.4, 0.5) is 0 Å². The Bertz CT molecular complexity index is 978. The van der Waals surface area contributed by atoms with E-state index in [1.54, 1.807) is 4.90 Å². The molecule has 1 aromatic carbocycles. The molecule has 6 nitrogen and oxygen atoms in total. The summed E-state index contributed by atoms with van der Waals surface area (Å²) in [6.45, 7) is 8.12. The van der Waals surface area contributed by atoms with Gasteiger partial charge in [0.15, 0.2) is 5.78 Å². The van der Waals surface area contributed by atoms with Crippen molar-refractivity contribution in [2.75, 3.05) is 13.1 Å². The minimum absolute atomic E-state index is 0.0284. The van der Waals surface area contributed by atoms with E-state index in [0.29, 0.717) is 31.6 Å². The van der Waals surface area contributed by atoms with Gasteiger partial charge in [0.05, 0.1) is 18.0 Å². The SMILES string of the molecule is CCN(CC)Cc1ccc(OCc2scc3c2CN([C@H]2CCC(=O)CC2=O)C3=O)cc1. The van der Waals surface area contributed by atoms with Gasteiger partial charge in [-0.25, -0.2) is 0 Å². The fourth-order valence-corrected chi connectivity index (χ4v) is 5.23. The monoisotopic (exact) mass is 440 g/mol. The van der Waals surface area contributed by atoms with Crippen molar-refractivity contribution in [1.82, 2.24) is 9.80 Å². The normalized spacial score (nSPS) is 18.7. The third kappa shape index (κ3) is 4.57. The Kier molecular flexibility index (Phi) is 6.53. The first kappa shape index (κ1) is 21.7. The van der Waals surface area contributed by atoms with Crippen LogP contribution in [0.25, 0.3) is 0 Å². The standard InChI is InChI=1S/C24H28N2O4S/c1-3-25(4-2)12-16-5-8-18(9-6-16)30-14-23-19-13-26(24(29)20(19)15-31-23)21-10-7-17(27)11-22(21)28/h5-6,8-9,15,21H,3-4,7,10-14H2,1-2H3/t21-/m0/s1. The Morgan fingerprint density at radius 1 is 1.13 bits per heavy atom. The lowest BCUT2D eigenvalue weighted by atomic mass is 9.92. The minimum atomic E-state index is -0.477. The summed E-state index contributed by atoms with van der Waals surface area (Å²) >= 11 is 1.52. The van der Waals surface area contributed by atoms with Crippen LogP contribution in [0.5, 0.6) is 5.75 Å². The van der Waals surface area contributed by atoms with Gasteiger partial charge in [-0.15, -0.1) is 11.3 Å². The van der Waals surface area contributed by atoms with Crippen molar-refractivity contribution in [3.8, 4) is 5.75 Å². The molecule has 1 amide bonds. The van der Waals surface area contributed by atoms with Crippen molar-refractivity contribution in [1.29, 1.82) is 0 Å². The van der Waals surface area contributed by atoms with Crippen LogP contribution in [-0.4, -0.2) is 46.4 Å². The van der Waals surface area contributed by atoms with Crippen LogP contribution in [-0.2, 0) is 29.3 Å². The van der Waals surface area contributed by atoms with E-state index >= 15 is 0 Å². The molecule has 31 heavy (non-hydrogen) atoms. The quantitative estimate of drug-likeness (QED) is 0.584. The molecule has 164 valence electrons. The van der Waals surface area contributed by atoms with Crippen molar-refractivity contribution in [2.24, 2.45) is 0 Å². The zero-order chi connectivity index (χ0) is 22.0. The summed E-state index contributed by atoms with van der Waals surface area (Å²) in [6, 6.07) is 7.68. The lowest BCUT2D eigenvalue weighted by molar-refractivity contribution is -0.133. The Labute approximate surface area is 186 Å². The highest BCUT2D eigenvalue weighted by atomic mass is 32.1. The van der Waals surface area contributed by atoms with E-state index in [2.05, 4.69) is 30.9 Å². The number of thiophene rings is 1. The largest absolute Gasteiger partial charge is 0.488 e. The fraction of sp³-hybridized carbons (Fsp3) is 0.458. The molecule has 2 heterocycles. The van der Waals surface area contributed by atoms with Gasteiger partial charge in [0, 0.05) is 35.3 Å². The number of nitrogens with zero attached hydrogens (tertiary/aromatic N) is 2. The van der Waals surface area contributed by atoms with Crippen LogP contribution in [0, 0.1) is 0 Å². The molecular formula is C24H28N2O4S. The third-order valence-corrected chi connectivity index (χ3v) is 7.21. The van der Waals surface area contributed by atoms with Gasteiger partial charge in [-0.1, -0.05) is 26.0 Å². The molecule has 2 aromatic rings. The molecule has 2 aliphatic rings. The average Bonchev–Trinajstić information content (AvgIpc) is 3.31. The number of ether oxygens (including phenoxy) is 1. The summed E-state index contributed by atoms with van der Waals surface area (Å²) in [5.41, 5.74) is 2.88. The predicted molar refractivity (Wildman–Crippen MR) is 119 cm³/mol. The lowest BCUT2D eigenvalue weighted by Gasteiger charge is -2.29. The number of Topliss-reactive ketones (excluding diaryl/α,β-unsaturated/α-hetero) is 2. The number of rotatable bonds is 8. The second-order valence-electron chi connectivity index (χ2n) is 8.11. The van der Waals surface area contributed by atoms with E-state index in [1.807, 2.05) is 17.5 Å². The van der Waals surface area contributed by atoms with Crippen molar-refractivity contribution >= 4 is 28.8 Å². The number of ketones is 2. The molecule has 1 aliphatic carbocycles. The van der Waals surface area contributed by atoms with Gasteiger partial charge in [0.25, 0.3) is 5.91 Å². The number of amides is 1. The molecule has 0 N–H and O–H groups in total. The van der Waals surface area contributed by atoms with Crippen LogP contribution in [0.1, 0.15) is 59.5 Å². The Hall–Kier alpha value is -2.51. The molecular weight excluding hydrogens is 412 g/mol. The van der Waals surface area contributed by atoms with E-state index in [4.69, 9.17) is 4.74 Å². The highest BCUT2D eigenvalue weighted by Crippen LogP contribution is 2.35. The van der Waals surface area contributed by atoms with Crippen LogP contribution >= 0.6 is 11.3 Å². The molecule has 0 bridgehead atoms. The van der Waals surface area contributed by atoms with Crippen molar-refractivity contribution in [2.45, 2.75) is 58.8 Å². The van der Waals surface area contributed by atoms with Crippen molar-refractivity contribution < 1.29 is 19.1 Å². The number of benzene rings is 1. The Balaban J connectivity index is 1.38. The van der Waals surface area contributed by atoms with Crippen molar-refractivity contribution in [3.63, 3.8) is 0 Å². The second-order valence-corrected chi connectivity index (χ2v) is 9.08. The minimum Gasteiger partial charge on any atom is -0.488 e. The molecule has 1 aromatic heterocycles. The maximum Gasteiger partial charge on any atom is 0.255 e. The first-order chi connectivity index (χ1) is 15.0. The highest BCUT2D eigenvalue weighted by molar-refractivity contribution is 7.10. The molecule has 0 saturated heterocycles. The van der Waals surface area contributed by atoms with E-state index in [0.717, 1.165) is 35.8 Å². The summed E-state index contributed by atoms with van der Waals surface area (Å²) in [5.74, 6) is 0.527. The smallest absolute Gasteiger partial charge is 0.255 e. The summed E-state index contributed by atoms with van der Waals surface area (Å²) in [7, 11) is 0. The van der Waals surface area contributed by atoms with Gasteiger partial charge in [0.1, 0.15) is 18.1 Å². The Morgan fingerprint density at radius 2 is 1.87 bits per heavy atom. The summed E-state index contributed by atoms with van der Waals surface area (Å²) in [5, 5.41) is 1.86. The topological polar surface area (TPSA) is 66.9 Å². The molecule has 1 atom stereocenters. The first-order valence-electron chi connectivity index (χ1n) is 10.9. The number of hydrogen-bond acceptors (Lipinski definition) is 6. The van der Waals surface area contributed by atoms with E-state index in [-0.39, 0.29) is 23.9 Å². The van der Waals surface area contributed by atoms with E-state index in [9.17, 15) is 14.4 Å². The highest BCUT2D eigenvalue weighted by Gasteiger charge is 2.40. The zero-order valence-corrected chi connectivity index (χ0v) is 18.9. The van der Waals surface area contributed by atoms with Gasteiger partial charge in [0.2, 0.25) is 0 Å². The molecule has 0 unspecified atom stereocenters. The number of carbonyl (C=O) groups excluding carboxylic acids is 3. The molecule has 0 radical (unpaired) electrons. The Morgan fingerprint density at radius 3 is 2.55 bits per heavy atom. The molecule has 4 rings (SSSR count). The molecule has 7 heteroatoms. The molecule has 1 fully saturated rings. The van der Waals surface area contributed by atoms with Gasteiger partial charge in [-0.05, 0) is 37.2 Å². The van der Waals surface area contributed by atoms with Gasteiger partial charge in [-0.2, -0.15) is 0 Å². The molecule has 1 aliphatic heterocycles. The maximum absolute atomic E-state index is 12.8. The summed E-state index contributed by atoms with van der Waals surface area (Å²) in [4.78, 5) is 41.7. The second kappa shape index (κ2) is 9.32.